The summed E-state index contributed by atoms with van der Waals surface area (Å²) in [5, 5.41) is 3.98. The van der Waals surface area contributed by atoms with Crippen molar-refractivity contribution in [1.82, 2.24) is 18.3 Å². The van der Waals surface area contributed by atoms with Crippen LogP contribution in [0.1, 0.15) is 19.2 Å². The summed E-state index contributed by atoms with van der Waals surface area (Å²) >= 11 is 7.44. The smallest absolute Gasteiger partial charge is 0.129 e. The van der Waals surface area contributed by atoms with Gasteiger partial charge >= 0.3 is 0 Å². The number of halogens is 1. The van der Waals surface area contributed by atoms with Gasteiger partial charge in [-0.3, -0.25) is 0 Å². The highest BCUT2D eigenvalue weighted by Gasteiger charge is 2.10. The molecule has 3 rings (SSSR count). The summed E-state index contributed by atoms with van der Waals surface area (Å²) in [7, 11) is 0. The molecule has 0 spiro atoms. The number of nitrogens with one attached hydrogen (secondary N) is 1. The zero-order valence-electron chi connectivity index (χ0n) is 11.0. The van der Waals surface area contributed by atoms with E-state index in [1.165, 1.54) is 11.7 Å². The van der Waals surface area contributed by atoms with Gasteiger partial charge in [-0.2, -0.15) is 8.75 Å². The summed E-state index contributed by atoms with van der Waals surface area (Å²) in [5.74, 6) is 0.989. The molecule has 7 heteroatoms. The van der Waals surface area contributed by atoms with Gasteiger partial charge in [-0.05, 0) is 18.6 Å². The standard InChI is InChI=1S/C13H14ClN5S/c1-2-6-19-7-5-15-11(19)8-16-12-9(14)3-4-10-13(12)18-20-17-10/h3-5,7,16H,2,6,8H2,1H3. The Morgan fingerprint density at radius 1 is 1.35 bits per heavy atom. The van der Waals surface area contributed by atoms with Crippen molar-refractivity contribution in [2.45, 2.75) is 26.4 Å². The van der Waals surface area contributed by atoms with Crippen LogP contribution in [0.15, 0.2) is 24.5 Å². The first-order chi connectivity index (χ1) is 9.79. The van der Waals surface area contributed by atoms with E-state index in [1.807, 2.05) is 24.5 Å². The first-order valence-electron chi connectivity index (χ1n) is 6.44. The number of rotatable bonds is 5. The summed E-state index contributed by atoms with van der Waals surface area (Å²) in [4.78, 5) is 4.37. The van der Waals surface area contributed by atoms with Crippen molar-refractivity contribution in [2.24, 2.45) is 0 Å². The van der Waals surface area contributed by atoms with Crippen LogP contribution in [-0.4, -0.2) is 18.3 Å². The molecule has 0 fully saturated rings. The molecule has 0 unspecified atom stereocenters. The molecule has 104 valence electrons. The Balaban J connectivity index is 1.84. The summed E-state index contributed by atoms with van der Waals surface area (Å²) in [6, 6.07) is 3.72. The average Bonchev–Trinajstić information content (AvgIpc) is 3.07. The molecular formula is C13H14ClN5S. The molecule has 0 saturated carbocycles. The van der Waals surface area contributed by atoms with E-state index in [9.17, 15) is 0 Å². The van der Waals surface area contributed by atoms with Gasteiger partial charge in [0.25, 0.3) is 0 Å². The number of nitrogens with zero attached hydrogens (tertiary/aromatic N) is 4. The third kappa shape index (κ3) is 2.48. The van der Waals surface area contributed by atoms with E-state index in [1.54, 1.807) is 0 Å². The number of aryl methyl sites for hydroxylation is 1. The summed E-state index contributed by atoms with van der Waals surface area (Å²) in [5.41, 5.74) is 2.50. The Hall–Kier alpha value is -1.66. The lowest BCUT2D eigenvalue weighted by Crippen LogP contribution is -2.09. The Bertz CT molecular complexity index is 720. The van der Waals surface area contributed by atoms with E-state index < -0.39 is 0 Å². The van der Waals surface area contributed by atoms with Gasteiger partial charge in [-0.25, -0.2) is 4.98 Å². The van der Waals surface area contributed by atoms with Crippen LogP contribution >= 0.6 is 23.3 Å². The molecule has 0 amide bonds. The van der Waals surface area contributed by atoms with Crippen molar-refractivity contribution >= 4 is 40.0 Å². The Labute approximate surface area is 125 Å². The lowest BCUT2D eigenvalue weighted by Gasteiger charge is -2.10. The minimum atomic E-state index is 0.614. The topological polar surface area (TPSA) is 55.6 Å². The van der Waals surface area contributed by atoms with Crippen LogP contribution in [0.25, 0.3) is 11.0 Å². The molecule has 5 nitrogen and oxygen atoms in total. The lowest BCUT2D eigenvalue weighted by molar-refractivity contribution is 0.644. The number of hydrogen-bond acceptors (Lipinski definition) is 5. The molecular weight excluding hydrogens is 294 g/mol. The van der Waals surface area contributed by atoms with Gasteiger partial charge in [-0.1, -0.05) is 18.5 Å². The van der Waals surface area contributed by atoms with Gasteiger partial charge in [0.1, 0.15) is 16.9 Å². The lowest BCUT2D eigenvalue weighted by atomic mass is 10.2. The first-order valence-corrected chi connectivity index (χ1v) is 7.55. The van der Waals surface area contributed by atoms with E-state index in [-0.39, 0.29) is 0 Å². The molecule has 0 aliphatic carbocycles. The second kappa shape index (κ2) is 5.76. The maximum atomic E-state index is 6.25. The molecule has 3 aromatic rings. The Kier molecular flexibility index (Phi) is 3.84. The second-order valence-corrected chi connectivity index (χ2v) is 5.38. The van der Waals surface area contributed by atoms with Gasteiger partial charge < -0.3 is 9.88 Å². The van der Waals surface area contributed by atoms with Crippen LogP contribution in [0.5, 0.6) is 0 Å². The van der Waals surface area contributed by atoms with E-state index in [4.69, 9.17) is 11.6 Å². The number of hydrogen-bond donors (Lipinski definition) is 1. The highest BCUT2D eigenvalue weighted by molar-refractivity contribution is 7.00. The zero-order chi connectivity index (χ0) is 13.9. The van der Waals surface area contributed by atoms with Crippen LogP contribution in [0.2, 0.25) is 5.02 Å². The van der Waals surface area contributed by atoms with Gasteiger partial charge in [0.2, 0.25) is 0 Å². The summed E-state index contributed by atoms with van der Waals surface area (Å²) in [6.45, 7) is 3.73. The van der Waals surface area contributed by atoms with Crippen LogP contribution in [0.3, 0.4) is 0 Å². The van der Waals surface area contributed by atoms with Crippen molar-refractivity contribution < 1.29 is 0 Å². The molecule has 0 aliphatic rings. The first kappa shape index (κ1) is 13.3. The largest absolute Gasteiger partial charge is 0.375 e. The molecule has 20 heavy (non-hydrogen) atoms. The van der Waals surface area contributed by atoms with Crippen molar-refractivity contribution in [2.75, 3.05) is 5.32 Å². The molecule has 0 aliphatic heterocycles. The second-order valence-electron chi connectivity index (χ2n) is 4.44. The van der Waals surface area contributed by atoms with Gasteiger partial charge in [0, 0.05) is 18.9 Å². The third-order valence-electron chi connectivity index (χ3n) is 3.07. The van der Waals surface area contributed by atoms with Gasteiger partial charge in [0.05, 0.1) is 29.0 Å². The van der Waals surface area contributed by atoms with E-state index in [0.717, 1.165) is 35.5 Å². The minimum Gasteiger partial charge on any atom is -0.375 e. The number of imidazole rings is 1. The highest BCUT2D eigenvalue weighted by atomic mass is 35.5. The molecule has 0 atom stereocenters. The van der Waals surface area contributed by atoms with E-state index >= 15 is 0 Å². The van der Waals surface area contributed by atoms with Crippen molar-refractivity contribution in [3.63, 3.8) is 0 Å². The molecule has 0 radical (unpaired) electrons. The Morgan fingerprint density at radius 2 is 2.25 bits per heavy atom. The van der Waals surface area contributed by atoms with E-state index in [0.29, 0.717) is 11.6 Å². The fourth-order valence-electron chi connectivity index (χ4n) is 2.11. The maximum absolute atomic E-state index is 6.25. The molecule has 2 aromatic heterocycles. The van der Waals surface area contributed by atoms with Crippen LogP contribution < -0.4 is 5.32 Å². The van der Waals surface area contributed by atoms with Gasteiger partial charge in [0.15, 0.2) is 0 Å². The van der Waals surface area contributed by atoms with Gasteiger partial charge in [-0.15, -0.1) is 0 Å². The van der Waals surface area contributed by atoms with Crippen LogP contribution in [-0.2, 0) is 13.1 Å². The van der Waals surface area contributed by atoms with Crippen LogP contribution in [0, 0.1) is 0 Å². The summed E-state index contributed by atoms with van der Waals surface area (Å²) in [6.07, 6.45) is 4.89. The average molecular weight is 308 g/mol. The zero-order valence-corrected chi connectivity index (χ0v) is 12.6. The predicted octanol–water partition coefficient (Wildman–Crippen LogP) is 3.56. The van der Waals surface area contributed by atoms with Crippen LogP contribution in [0.4, 0.5) is 5.69 Å². The van der Waals surface area contributed by atoms with Crippen molar-refractivity contribution in [3.8, 4) is 0 Å². The summed E-state index contributed by atoms with van der Waals surface area (Å²) < 4.78 is 10.7. The van der Waals surface area contributed by atoms with Crippen molar-refractivity contribution in [3.05, 3.63) is 35.4 Å². The maximum Gasteiger partial charge on any atom is 0.129 e. The fourth-order valence-corrected chi connectivity index (χ4v) is 2.88. The van der Waals surface area contributed by atoms with E-state index in [2.05, 4.69) is 30.5 Å². The van der Waals surface area contributed by atoms with Crippen molar-refractivity contribution in [1.29, 1.82) is 0 Å². The molecule has 2 heterocycles. The monoisotopic (exact) mass is 307 g/mol. The molecule has 1 aromatic carbocycles. The predicted molar refractivity (Wildman–Crippen MR) is 82.3 cm³/mol. The highest BCUT2D eigenvalue weighted by Crippen LogP contribution is 2.30. The molecule has 0 saturated heterocycles. The minimum absolute atomic E-state index is 0.614. The number of benzene rings is 1. The fraction of sp³-hybridized carbons (Fsp3) is 0.308. The number of fused-ring (bicyclic) bond motifs is 1. The molecule has 0 bridgehead atoms. The molecule has 1 N–H and O–H groups in total. The number of anilines is 1. The quantitative estimate of drug-likeness (QED) is 0.783. The Morgan fingerprint density at radius 3 is 3.10 bits per heavy atom. The SMILES string of the molecule is CCCn1ccnc1CNc1c(Cl)ccc2nsnc12. The number of aromatic nitrogens is 4. The normalized spacial score (nSPS) is 11.1. The third-order valence-corrected chi connectivity index (χ3v) is 3.92.